The van der Waals surface area contributed by atoms with Crippen LogP contribution in [0, 0.1) is 5.41 Å². The second-order valence-electron chi connectivity index (χ2n) is 11.4. The van der Waals surface area contributed by atoms with Gasteiger partial charge in [-0.2, -0.15) is 0 Å². The van der Waals surface area contributed by atoms with Gasteiger partial charge >= 0.3 is 6.09 Å². The molecule has 5 aromatic rings. The molecule has 0 aliphatic heterocycles. The number of pyridine rings is 2. The number of nitrogens with zero attached hydrogens (tertiary/aromatic N) is 4. The van der Waals surface area contributed by atoms with E-state index in [2.05, 4.69) is 27.6 Å². The number of para-hydroxylation sites is 1. The van der Waals surface area contributed by atoms with Crippen molar-refractivity contribution in [2.75, 3.05) is 13.2 Å². The van der Waals surface area contributed by atoms with E-state index in [0.717, 1.165) is 27.7 Å². The molecule has 2 aromatic carbocycles. The van der Waals surface area contributed by atoms with E-state index in [9.17, 15) is 4.79 Å². The highest BCUT2D eigenvalue weighted by Gasteiger charge is 2.23. The van der Waals surface area contributed by atoms with Gasteiger partial charge in [-0.3, -0.25) is 4.40 Å². The Morgan fingerprint density at radius 2 is 1.67 bits per heavy atom. The number of nitrogens with one attached hydrogen (secondary N) is 1. The molecule has 0 saturated carbocycles. The van der Waals surface area contributed by atoms with Crippen LogP contribution in [0.1, 0.15) is 34.6 Å². The zero-order valence-corrected chi connectivity index (χ0v) is 22.9. The Bertz CT molecular complexity index is 1620. The van der Waals surface area contributed by atoms with E-state index < -0.39 is 11.7 Å². The number of fused-ring (bicyclic) bond motifs is 2. The number of rotatable bonds is 7. The molecule has 1 amide bonds. The maximum atomic E-state index is 12.1. The van der Waals surface area contributed by atoms with Crippen molar-refractivity contribution in [3.63, 3.8) is 0 Å². The van der Waals surface area contributed by atoms with Crippen molar-refractivity contribution in [2.45, 2.75) is 40.2 Å². The predicted octanol–water partition coefficient (Wildman–Crippen LogP) is 6.54. The summed E-state index contributed by atoms with van der Waals surface area (Å²) in [5.74, 6) is 1.32. The highest BCUT2D eigenvalue weighted by atomic mass is 16.6. The van der Waals surface area contributed by atoms with Gasteiger partial charge in [0.25, 0.3) is 0 Å². The van der Waals surface area contributed by atoms with Gasteiger partial charge in [0.05, 0.1) is 6.61 Å². The summed E-state index contributed by atoms with van der Waals surface area (Å²) in [6, 6.07) is 24.0. The summed E-state index contributed by atoms with van der Waals surface area (Å²) in [6.45, 7) is 10.4. The first-order valence-corrected chi connectivity index (χ1v) is 13.0. The normalized spacial score (nSPS) is 12.0. The van der Waals surface area contributed by atoms with Crippen LogP contribution in [0.15, 0.2) is 79.0 Å². The predicted molar refractivity (Wildman–Crippen MR) is 153 cm³/mol. The first kappa shape index (κ1) is 26.2. The monoisotopic (exact) mass is 523 g/mol. The van der Waals surface area contributed by atoms with Crippen molar-refractivity contribution in [3.8, 4) is 28.4 Å². The van der Waals surface area contributed by atoms with E-state index in [1.165, 1.54) is 0 Å². The summed E-state index contributed by atoms with van der Waals surface area (Å²) in [6.07, 6.45) is 1.59. The Kier molecular flexibility index (Phi) is 6.95. The first-order chi connectivity index (χ1) is 18.6. The quantitative estimate of drug-likeness (QED) is 0.260. The number of hydrogen-bond acceptors (Lipinski definition) is 6. The van der Waals surface area contributed by atoms with Gasteiger partial charge in [0, 0.05) is 23.5 Å². The van der Waals surface area contributed by atoms with Crippen molar-refractivity contribution in [2.24, 2.45) is 5.41 Å². The number of ether oxygens (including phenoxy) is 2. The zero-order valence-electron chi connectivity index (χ0n) is 22.9. The minimum absolute atomic E-state index is 0.340. The van der Waals surface area contributed by atoms with Crippen molar-refractivity contribution in [1.29, 1.82) is 0 Å². The topological polar surface area (TPSA) is 90.6 Å². The molecule has 0 unspecified atom stereocenters. The Morgan fingerprint density at radius 1 is 0.872 bits per heavy atom. The average Bonchev–Trinajstić information content (AvgIpc) is 3.33. The summed E-state index contributed by atoms with van der Waals surface area (Å²) in [7, 11) is 0. The van der Waals surface area contributed by atoms with Gasteiger partial charge in [0.1, 0.15) is 22.6 Å². The van der Waals surface area contributed by atoms with Crippen LogP contribution >= 0.6 is 0 Å². The Hall–Kier alpha value is -4.46. The molecule has 5 rings (SSSR count). The van der Waals surface area contributed by atoms with E-state index >= 15 is 0 Å². The lowest BCUT2D eigenvalue weighted by Crippen LogP contribution is -2.40. The molecule has 8 nitrogen and oxygen atoms in total. The van der Waals surface area contributed by atoms with Crippen LogP contribution in [-0.2, 0) is 4.74 Å². The molecule has 39 heavy (non-hydrogen) atoms. The van der Waals surface area contributed by atoms with Gasteiger partial charge in [-0.1, -0.05) is 62.4 Å². The van der Waals surface area contributed by atoms with Crippen LogP contribution in [0.25, 0.3) is 39.2 Å². The molecule has 3 aromatic heterocycles. The number of hydrogen-bond donors (Lipinski definition) is 1. The van der Waals surface area contributed by atoms with E-state index in [0.29, 0.717) is 30.4 Å². The third kappa shape index (κ3) is 6.17. The Balaban J connectivity index is 1.39. The van der Waals surface area contributed by atoms with Gasteiger partial charge in [0.2, 0.25) is 0 Å². The number of carbonyl (C=O) groups excluding carboxylic acids is 1. The lowest BCUT2D eigenvalue weighted by molar-refractivity contribution is 0.0493. The smallest absolute Gasteiger partial charge is 0.407 e. The number of benzene rings is 2. The second kappa shape index (κ2) is 10.4. The standard InChI is InChI=1S/C31H33N5O3/c1-30(2,3)39-29(37)32-19-31(4,5)20-38-25-13-9-12-22-14-16-24(33-27(22)25)28-35-34-26-17-15-23(18-36(26)28)21-10-7-6-8-11-21/h6-18H,19-20H2,1-5H3,(H,32,37). The highest BCUT2D eigenvalue weighted by molar-refractivity contribution is 5.86. The van der Waals surface area contributed by atoms with Crippen LogP contribution < -0.4 is 10.1 Å². The molecule has 0 aliphatic carbocycles. The fourth-order valence-electron chi connectivity index (χ4n) is 4.18. The highest BCUT2D eigenvalue weighted by Crippen LogP contribution is 2.29. The fourth-order valence-corrected chi connectivity index (χ4v) is 4.18. The molecular formula is C31H33N5O3. The minimum Gasteiger partial charge on any atom is -0.491 e. The Morgan fingerprint density at radius 3 is 2.44 bits per heavy atom. The lowest BCUT2D eigenvalue weighted by Gasteiger charge is -2.26. The molecule has 8 heteroatoms. The molecule has 0 bridgehead atoms. The molecular weight excluding hydrogens is 490 g/mol. The van der Waals surface area contributed by atoms with Gasteiger partial charge in [0.15, 0.2) is 11.5 Å². The van der Waals surface area contributed by atoms with Gasteiger partial charge in [-0.15, -0.1) is 10.2 Å². The van der Waals surface area contributed by atoms with E-state index in [1.807, 2.05) is 106 Å². The van der Waals surface area contributed by atoms with Crippen molar-refractivity contribution in [1.82, 2.24) is 24.9 Å². The van der Waals surface area contributed by atoms with Crippen molar-refractivity contribution < 1.29 is 14.3 Å². The molecule has 0 radical (unpaired) electrons. The van der Waals surface area contributed by atoms with Gasteiger partial charge in [-0.05, 0) is 56.2 Å². The number of aromatic nitrogens is 4. The summed E-state index contributed by atoms with van der Waals surface area (Å²) >= 11 is 0. The van der Waals surface area contributed by atoms with Crippen molar-refractivity contribution >= 4 is 22.6 Å². The van der Waals surface area contributed by atoms with E-state index in [1.54, 1.807) is 0 Å². The van der Waals surface area contributed by atoms with Crippen LogP contribution in [0.5, 0.6) is 5.75 Å². The minimum atomic E-state index is -0.546. The third-order valence-corrected chi connectivity index (χ3v) is 6.15. The van der Waals surface area contributed by atoms with Crippen LogP contribution in [0.3, 0.4) is 0 Å². The van der Waals surface area contributed by atoms with E-state index in [-0.39, 0.29) is 5.41 Å². The number of amides is 1. The van der Waals surface area contributed by atoms with Gasteiger partial charge < -0.3 is 14.8 Å². The average molecular weight is 524 g/mol. The SMILES string of the molecule is CC(C)(CNC(=O)OC(C)(C)C)COc1cccc2ccc(-c3nnc4ccc(-c5ccccc5)cn34)nc12. The molecule has 3 heterocycles. The fraction of sp³-hybridized carbons (Fsp3) is 0.290. The summed E-state index contributed by atoms with van der Waals surface area (Å²) < 4.78 is 13.6. The molecule has 0 saturated heterocycles. The summed E-state index contributed by atoms with van der Waals surface area (Å²) in [4.78, 5) is 17.0. The summed E-state index contributed by atoms with van der Waals surface area (Å²) in [5.41, 5.74) is 3.48. The van der Waals surface area contributed by atoms with E-state index in [4.69, 9.17) is 14.5 Å². The van der Waals surface area contributed by atoms with Gasteiger partial charge in [-0.25, -0.2) is 9.78 Å². The molecule has 0 spiro atoms. The second-order valence-corrected chi connectivity index (χ2v) is 11.4. The molecule has 0 fully saturated rings. The lowest BCUT2D eigenvalue weighted by atomic mass is 9.95. The zero-order chi connectivity index (χ0) is 27.6. The molecule has 200 valence electrons. The molecule has 0 aliphatic rings. The first-order valence-electron chi connectivity index (χ1n) is 13.0. The molecule has 1 N–H and O–H groups in total. The van der Waals surface area contributed by atoms with Crippen LogP contribution in [0.2, 0.25) is 0 Å². The third-order valence-electron chi connectivity index (χ3n) is 6.15. The maximum Gasteiger partial charge on any atom is 0.407 e. The number of carbonyl (C=O) groups is 1. The molecule has 0 atom stereocenters. The Labute approximate surface area is 228 Å². The largest absolute Gasteiger partial charge is 0.491 e. The van der Waals surface area contributed by atoms with Crippen LogP contribution in [-0.4, -0.2) is 44.4 Å². The van der Waals surface area contributed by atoms with Crippen molar-refractivity contribution in [3.05, 3.63) is 79.0 Å². The maximum absolute atomic E-state index is 12.1. The summed E-state index contributed by atoms with van der Waals surface area (Å²) in [5, 5.41) is 12.6. The van der Waals surface area contributed by atoms with Crippen LogP contribution in [0.4, 0.5) is 4.79 Å². The number of alkyl carbamates (subject to hydrolysis) is 1.